The number of rotatable bonds is 5. The summed E-state index contributed by atoms with van der Waals surface area (Å²) in [5.74, 6) is -0.0646. The van der Waals surface area contributed by atoms with E-state index in [4.69, 9.17) is 5.73 Å². The Morgan fingerprint density at radius 3 is 2.32 bits per heavy atom. The van der Waals surface area contributed by atoms with Crippen LogP contribution >= 0.6 is 24.8 Å². The minimum absolute atomic E-state index is 0. The third kappa shape index (κ3) is 5.64. The first-order chi connectivity index (χ1) is 9.68. The summed E-state index contributed by atoms with van der Waals surface area (Å²) >= 11 is 0. The number of hydrogen-bond acceptors (Lipinski definition) is 3. The molecule has 6 heteroatoms. The highest BCUT2D eigenvalue weighted by Gasteiger charge is 2.19. The van der Waals surface area contributed by atoms with Gasteiger partial charge in [-0.15, -0.1) is 24.8 Å². The Kier molecular flexibility index (Phi) is 9.42. The van der Waals surface area contributed by atoms with Crippen molar-refractivity contribution in [2.24, 2.45) is 5.73 Å². The van der Waals surface area contributed by atoms with Gasteiger partial charge in [0.1, 0.15) is 6.04 Å². The number of pyridine rings is 1. The average molecular weight is 342 g/mol. The van der Waals surface area contributed by atoms with E-state index in [0.29, 0.717) is 6.54 Å². The van der Waals surface area contributed by atoms with Crippen LogP contribution in [0.1, 0.15) is 17.2 Å². The molecule has 2 N–H and O–H groups in total. The van der Waals surface area contributed by atoms with E-state index >= 15 is 0 Å². The number of likely N-dealkylation sites (N-methyl/N-ethyl adjacent to an activating group) is 1. The summed E-state index contributed by atoms with van der Waals surface area (Å²) in [4.78, 5) is 17.9. The minimum Gasteiger partial charge on any atom is -0.344 e. The molecule has 1 aromatic carbocycles. The normalized spacial score (nSPS) is 10.8. The van der Waals surface area contributed by atoms with Gasteiger partial charge < -0.3 is 10.6 Å². The Hall–Kier alpha value is -1.62. The molecule has 1 unspecified atom stereocenters. The molecule has 0 aliphatic carbocycles. The Morgan fingerprint density at radius 2 is 1.73 bits per heavy atom. The number of hydrogen-bond donors (Lipinski definition) is 1. The van der Waals surface area contributed by atoms with Crippen molar-refractivity contribution in [2.45, 2.75) is 12.5 Å². The highest BCUT2D eigenvalue weighted by molar-refractivity contribution is 5.85. The molecule has 1 heterocycles. The number of nitrogens with zero attached hydrogens (tertiary/aromatic N) is 2. The van der Waals surface area contributed by atoms with E-state index in [9.17, 15) is 4.79 Å². The highest BCUT2D eigenvalue weighted by Crippen LogP contribution is 2.12. The lowest BCUT2D eigenvalue weighted by molar-refractivity contribution is -0.131. The lowest BCUT2D eigenvalue weighted by Gasteiger charge is -2.21. The summed E-state index contributed by atoms with van der Waals surface area (Å²) in [6.07, 6.45) is 4.31. The second-order valence-corrected chi connectivity index (χ2v) is 4.75. The van der Waals surface area contributed by atoms with Crippen LogP contribution in [0.4, 0.5) is 0 Å². The molecule has 2 rings (SSSR count). The van der Waals surface area contributed by atoms with E-state index in [1.165, 1.54) is 0 Å². The maximum Gasteiger partial charge on any atom is 0.243 e. The van der Waals surface area contributed by atoms with Crippen LogP contribution in [0.5, 0.6) is 0 Å². The van der Waals surface area contributed by atoms with Gasteiger partial charge in [0.15, 0.2) is 0 Å². The van der Waals surface area contributed by atoms with Gasteiger partial charge in [-0.05, 0) is 29.7 Å². The fraction of sp³-hybridized carbons (Fsp3) is 0.250. The van der Waals surface area contributed by atoms with Gasteiger partial charge in [0, 0.05) is 26.0 Å². The summed E-state index contributed by atoms with van der Waals surface area (Å²) in [6, 6.07) is 12.7. The molecule has 1 aromatic heterocycles. The lowest BCUT2D eigenvalue weighted by atomic mass is 10.1. The monoisotopic (exact) mass is 341 g/mol. The molecule has 1 atom stereocenters. The molecule has 0 saturated heterocycles. The molecule has 0 aliphatic rings. The molecular formula is C16H21Cl2N3O. The van der Waals surface area contributed by atoms with E-state index in [-0.39, 0.29) is 30.7 Å². The molecule has 2 aromatic rings. The van der Waals surface area contributed by atoms with Crippen LogP contribution in [0.3, 0.4) is 0 Å². The van der Waals surface area contributed by atoms with Crippen molar-refractivity contribution in [1.82, 2.24) is 9.88 Å². The van der Waals surface area contributed by atoms with Crippen LogP contribution in [0, 0.1) is 0 Å². The Bertz CT molecular complexity index is 552. The molecule has 0 fully saturated rings. The van der Waals surface area contributed by atoms with Gasteiger partial charge in [-0.25, -0.2) is 0 Å². The molecule has 22 heavy (non-hydrogen) atoms. The summed E-state index contributed by atoms with van der Waals surface area (Å²) in [5, 5.41) is 0. The van der Waals surface area contributed by atoms with Crippen molar-refractivity contribution in [2.75, 3.05) is 13.6 Å². The number of aromatic nitrogens is 1. The van der Waals surface area contributed by atoms with Gasteiger partial charge in [-0.2, -0.15) is 0 Å². The number of halogens is 2. The van der Waals surface area contributed by atoms with Crippen molar-refractivity contribution in [1.29, 1.82) is 0 Å². The Labute approximate surface area is 143 Å². The van der Waals surface area contributed by atoms with Crippen molar-refractivity contribution in [3.8, 4) is 0 Å². The zero-order chi connectivity index (χ0) is 14.4. The summed E-state index contributed by atoms with van der Waals surface area (Å²) < 4.78 is 0. The molecule has 0 bridgehead atoms. The minimum atomic E-state index is -0.598. The standard InChI is InChI=1S/C16H19N3O.2ClH/c1-19(12-9-13-7-10-18-11-8-13)16(20)15(17)14-5-3-2-4-6-14;;/h2-8,10-11,15H,9,12,17H2,1H3;2*1H. The zero-order valence-corrected chi connectivity index (χ0v) is 14.0. The van der Waals surface area contributed by atoms with Crippen LogP contribution < -0.4 is 5.73 Å². The van der Waals surface area contributed by atoms with Crippen LogP contribution in [0.2, 0.25) is 0 Å². The maximum absolute atomic E-state index is 12.3. The fourth-order valence-corrected chi connectivity index (χ4v) is 2.00. The SMILES string of the molecule is CN(CCc1ccncc1)C(=O)C(N)c1ccccc1.Cl.Cl. The van der Waals surface area contributed by atoms with Gasteiger partial charge >= 0.3 is 0 Å². The molecule has 0 radical (unpaired) electrons. The van der Waals surface area contributed by atoms with Crippen LogP contribution in [0.25, 0.3) is 0 Å². The zero-order valence-electron chi connectivity index (χ0n) is 12.4. The van der Waals surface area contributed by atoms with Gasteiger partial charge in [0.2, 0.25) is 5.91 Å². The van der Waals surface area contributed by atoms with E-state index < -0.39 is 6.04 Å². The molecule has 0 aliphatic heterocycles. The Morgan fingerprint density at radius 1 is 1.14 bits per heavy atom. The first kappa shape index (κ1) is 20.4. The summed E-state index contributed by atoms with van der Waals surface area (Å²) in [6.45, 7) is 0.642. The van der Waals surface area contributed by atoms with Gasteiger partial charge in [-0.3, -0.25) is 9.78 Å². The van der Waals surface area contributed by atoms with Crippen molar-refractivity contribution in [3.63, 3.8) is 0 Å². The van der Waals surface area contributed by atoms with Crippen LogP contribution in [-0.2, 0) is 11.2 Å². The van der Waals surface area contributed by atoms with Gasteiger partial charge in [0.05, 0.1) is 0 Å². The van der Waals surface area contributed by atoms with Crippen molar-refractivity contribution < 1.29 is 4.79 Å². The number of carbonyl (C=O) groups is 1. The second kappa shape index (κ2) is 10.2. The third-order valence-electron chi connectivity index (χ3n) is 3.29. The summed E-state index contributed by atoms with van der Waals surface area (Å²) in [7, 11) is 1.78. The molecular weight excluding hydrogens is 321 g/mol. The quantitative estimate of drug-likeness (QED) is 0.909. The van der Waals surface area contributed by atoms with Crippen LogP contribution in [-0.4, -0.2) is 29.4 Å². The third-order valence-corrected chi connectivity index (χ3v) is 3.29. The molecule has 1 amide bonds. The van der Waals surface area contributed by atoms with Crippen molar-refractivity contribution in [3.05, 3.63) is 66.0 Å². The smallest absolute Gasteiger partial charge is 0.243 e. The number of benzene rings is 1. The first-order valence-corrected chi connectivity index (χ1v) is 6.63. The Balaban J connectivity index is 0.00000220. The number of amides is 1. The number of nitrogens with two attached hydrogens (primary N) is 1. The van der Waals surface area contributed by atoms with Gasteiger partial charge in [-0.1, -0.05) is 30.3 Å². The second-order valence-electron chi connectivity index (χ2n) is 4.75. The molecule has 0 spiro atoms. The lowest BCUT2D eigenvalue weighted by Crippen LogP contribution is -2.37. The summed E-state index contributed by atoms with van der Waals surface area (Å²) in [5.41, 5.74) is 8.01. The number of carbonyl (C=O) groups excluding carboxylic acids is 1. The maximum atomic E-state index is 12.3. The first-order valence-electron chi connectivity index (χ1n) is 6.63. The predicted octanol–water partition coefficient (Wildman–Crippen LogP) is 2.63. The molecule has 0 saturated carbocycles. The highest BCUT2D eigenvalue weighted by atomic mass is 35.5. The van der Waals surface area contributed by atoms with Gasteiger partial charge in [0.25, 0.3) is 0 Å². The fourth-order valence-electron chi connectivity index (χ4n) is 2.00. The largest absolute Gasteiger partial charge is 0.344 e. The average Bonchev–Trinajstić information content (AvgIpc) is 2.53. The van der Waals surface area contributed by atoms with E-state index in [1.54, 1.807) is 24.3 Å². The van der Waals surface area contributed by atoms with E-state index in [0.717, 1.165) is 17.5 Å². The predicted molar refractivity (Wildman–Crippen MR) is 93.4 cm³/mol. The van der Waals surface area contributed by atoms with E-state index in [2.05, 4.69) is 4.98 Å². The van der Waals surface area contributed by atoms with Crippen molar-refractivity contribution >= 4 is 30.7 Å². The molecule has 120 valence electrons. The molecule has 4 nitrogen and oxygen atoms in total. The topological polar surface area (TPSA) is 59.2 Å². The van der Waals surface area contributed by atoms with E-state index in [1.807, 2.05) is 42.5 Å². The van der Waals surface area contributed by atoms with Crippen LogP contribution in [0.15, 0.2) is 54.9 Å².